The van der Waals surface area contributed by atoms with E-state index >= 15 is 0 Å². The number of anilines is 1. The number of nitrogens with zero attached hydrogens (tertiary/aromatic N) is 5. The zero-order valence-corrected chi connectivity index (χ0v) is 18.3. The summed E-state index contributed by atoms with van der Waals surface area (Å²) in [6.07, 6.45) is -0.925. The highest BCUT2D eigenvalue weighted by Crippen LogP contribution is 2.40. The van der Waals surface area contributed by atoms with Gasteiger partial charge in [-0.15, -0.1) is 15.6 Å². The smallest absolute Gasteiger partial charge is 0.434 e. The summed E-state index contributed by atoms with van der Waals surface area (Å²) in [6.45, 7) is 1.41. The lowest BCUT2D eigenvalue weighted by molar-refractivity contribution is -0.140. The SMILES string of the molecule is CN(C)Cc1nc(C(F)(F)F)c(-c2nc(NC3CCN([S+](C)[O-])CC3)ncc2F)s1. The molecule has 2 aromatic heterocycles. The van der Waals surface area contributed by atoms with Crippen LogP contribution in [0.2, 0.25) is 0 Å². The van der Waals surface area contributed by atoms with Gasteiger partial charge in [-0.25, -0.2) is 19.3 Å². The number of hydrogen-bond donors (Lipinski definition) is 1. The van der Waals surface area contributed by atoms with Gasteiger partial charge in [-0.05, 0) is 26.9 Å². The zero-order chi connectivity index (χ0) is 22.1. The number of aromatic nitrogens is 3. The topological polar surface area (TPSA) is 80.2 Å². The molecule has 0 saturated carbocycles. The molecule has 3 heterocycles. The molecule has 13 heteroatoms. The van der Waals surface area contributed by atoms with Gasteiger partial charge in [0.15, 0.2) is 11.5 Å². The van der Waals surface area contributed by atoms with Crippen LogP contribution >= 0.6 is 11.3 Å². The summed E-state index contributed by atoms with van der Waals surface area (Å²) in [5.74, 6) is -0.888. The molecule has 7 nitrogen and oxygen atoms in total. The molecule has 2 aromatic rings. The van der Waals surface area contributed by atoms with Gasteiger partial charge >= 0.3 is 6.18 Å². The molecule has 0 aliphatic carbocycles. The minimum atomic E-state index is -4.73. The average Bonchev–Trinajstić information content (AvgIpc) is 3.07. The van der Waals surface area contributed by atoms with E-state index in [1.807, 2.05) is 4.31 Å². The van der Waals surface area contributed by atoms with Gasteiger partial charge in [-0.1, -0.05) is 0 Å². The van der Waals surface area contributed by atoms with Crippen molar-refractivity contribution in [2.24, 2.45) is 0 Å². The standard InChI is InChI=1S/C17H22F4N6OS2/c1-26(2)9-12-24-15(17(19,20)21)14(29-12)13-11(18)8-22-16(25-13)23-10-4-6-27(7-5-10)30(3)28/h8,10H,4-7,9H2,1-3H3,(H,22,23,25). The summed E-state index contributed by atoms with van der Waals surface area (Å²) < 4.78 is 68.3. The summed E-state index contributed by atoms with van der Waals surface area (Å²) in [4.78, 5) is 12.9. The van der Waals surface area contributed by atoms with Gasteiger partial charge in [0.2, 0.25) is 5.95 Å². The van der Waals surface area contributed by atoms with Crippen molar-refractivity contribution in [3.63, 3.8) is 0 Å². The molecule has 30 heavy (non-hydrogen) atoms. The molecule has 1 N–H and O–H groups in total. The van der Waals surface area contributed by atoms with Crippen molar-refractivity contribution in [3.05, 3.63) is 22.7 Å². The van der Waals surface area contributed by atoms with Crippen molar-refractivity contribution in [2.75, 3.05) is 38.8 Å². The molecule has 1 aliphatic rings. The minimum Gasteiger partial charge on any atom is -0.598 e. The molecule has 0 radical (unpaired) electrons. The lowest BCUT2D eigenvalue weighted by Gasteiger charge is -2.30. The van der Waals surface area contributed by atoms with E-state index in [1.54, 1.807) is 25.3 Å². The Hall–Kier alpha value is -1.54. The highest BCUT2D eigenvalue weighted by Gasteiger charge is 2.39. The Morgan fingerprint density at radius 1 is 1.30 bits per heavy atom. The molecule has 3 rings (SSSR count). The van der Waals surface area contributed by atoms with Crippen LogP contribution in [0.3, 0.4) is 0 Å². The number of halogens is 4. The number of nitrogens with one attached hydrogen (secondary N) is 1. The average molecular weight is 467 g/mol. The van der Waals surface area contributed by atoms with Gasteiger partial charge in [0.25, 0.3) is 0 Å². The van der Waals surface area contributed by atoms with Crippen molar-refractivity contribution >= 4 is 28.6 Å². The van der Waals surface area contributed by atoms with Crippen LogP contribution in [0.15, 0.2) is 6.20 Å². The van der Waals surface area contributed by atoms with Gasteiger partial charge in [0.1, 0.15) is 17.0 Å². The number of piperidine rings is 1. The molecule has 1 atom stereocenters. The van der Waals surface area contributed by atoms with Crippen LogP contribution in [-0.4, -0.2) is 68.2 Å². The number of alkyl halides is 3. The highest BCUT2D eigenvalue weighted by atomic mass is 32.2. The molecule has 166 valence electrons. The van der Waals surface area contributed by atoms with Crippen molar-refractivity contribution in [1.29, 1.82) is 0 Å². The monoisotopic (exact) mass is 466 g/mol. The van der Waals surface area contributed by atoms with Crippen LogP contribution in [0, 0.1) is 5.82 Å². The summed E-state index contributed by atoms with van der Waals surface area (Å²) in [5.41, 5.74) is -1.57. The first kappa shape index (κ1) is 23.1. The fourth-order valence-corrected chi connectivity index (χ4v) is 5.01. The fraction of sp³-hybridized carbons (Fsp3) is 0.588. The number of hydrogen-bond acceptors (Lipinski definition) is 8. The second-order valence-electron chi connectivity index (χ2n) is 7.18. The Morgan fingerprint density at radius 2 is 1.97 bits per heavy atom. The predicted octanol–water partition coefficient (Wildman–Crippen LogP) is 2.99. The zero-order valence-electron chi connectivity index (χ0n) is 16.7. The highest BCUT2D eigenvalue weighted by molar-refractivity contribution is 7.88. The number of thiazole rings is 1. The summed E-state index contributed by atoms with van der Waals surface area (Å²) in [6, 6.07) is -0.0454. The van der Waals surface area contributed by atoms with Crippen molar-refractivity contribution in [1.82, 2.24) is 24.2 Å². The maximum atomic E-state index is 14.4. The molecule has 0 amide bonds. The van der Waals surface area contributed by atoms with Crippen LogP contribution < -0.4 is 5.32 Å². The second-order valence-corrected chi connectivity index (χ2v) is 9.63. The van der Waals surface area contributed by atoms with E-state index in [-0.39, 0.29) is 28.4 Å². The van der Waals surface area contributed by atoms with E-state index in [0.29, 0.717) is 25.9 Å². The molecule has 1 aliphatic heterocycles. The van der Waals surface area contributed by atoms with E-state index < -0.39 is 34.7 Å². The fourth-order valence-electron chi connectivity index (χ4n) is 3.09. The van der Waals surface area contributed by atoms with E-state index in [4.69, 9.17) is 0 Å². The quantitative estimate of drug-likeness (QED) is 0.518. The maximum Gasteiger partial charge on any atom is 0.434 e. The predicted molar refractivity (Wildman–Crippen MR) is 108 cm³/mol. The van der Waals surface area contributed by atoms with Crippen LogP contribution in [0.25, 0.3) is 10.6 Å². The third kappa shape index (κ3) is 5.58. The van der Waals surface area contributed by atoms with E-state index in [2.05, 4.69) is 20.3 Å². The van der Waals surface area contributed by atoms with Gasteiger partial charge in [-0.3, -0.25) is 0 Å². The Balaban J connectivity index is 1.86. The van der Waals surface area contributed by atoms with Crippen LogP contribution in [0.4, 0.5) is 23.5 Å². The first-order chi connectivity index (χ1) is 14.0. The van der Waals surface area contributed by atoms with Crippen LogP contribution in [-0.2, 0) is 24.1 Å². The molecular weight excluding hydrogens is 444 g/mol. The lowest BCUT2D eigenvalue weighted by atomic mass is 10.1. The molecule has 0 spiro atoms. The molecule has 1 saturated heterocycles. The summed E-state index contributed by atoms with van der Waals surface area (Å²) in [5, 5.41) is 3.27. The van der Waals surface area contributed by atoms with Crippen LogP contribution in [0.1, 0.15) is 23.5 Å². The minimum absolute atomic E-state index is 0.0454. The summed E-state index contributed by atoms with van der Waals surface area (Å²) >= 11 is -0.280. The normalized spacial score (nSPS) is 17.5. The Labute approximate surface area is 178 Å². The first-order valence-corrected chi connectivity index (χ1v) is 11.5. The van der Waals surface area contributed by atoms with Gasteiger partial charge < -0.3 is 14.8 Å². The van der Waals surface area contributed by atoms with Crippen molar-refractivity contribution in [3.8, 4) is 10.6 Å². The van der Waals surface area contributed by atoms with Crippen LogP contribution in [0.5, 0.6) is 0 Å². The molecule has 1 unspecified atom stereocenters. The van der Waals surface area contributed by atoms with E-state index in [9.17, 15) is 22.1 Å². The third-order valence-corrected chi connectivity index (χ3v) is 6.64. The molecule has 0 aromatic carbocycles. The molecule has 0 bridgehead atoms. The lowest BCUT2D eigenvalue weighted by Crippen LogP contribution is -2.42. The van der Waals surface area contributed by atoms with E-state index in [0.717, 1.165) is 17.5 Å². The first-order valence-electron chi connectivity index (χ1n) is 9.14. The summed E-state index contributed by atoms with van der Waals surface area (Å²) in [7, 11) is 3.42. The van der Waals surface area contributed by atoms with Gasteiger partial charge in [-0.2, -0.15) is 13.2 Å². The van der Waals surface area contributed by atoms with Crippen molar-refractivity contribution < 1.29 is 22.1 Å². The molecule has 1 fully saturated rings. The van der Waals surface area contributed by atoms with Gasteiger partial charge in [0.05, 0.1) is 11.1 Å². The Bertz CT molecular complexity index is 868. The Kier molecular flexibility index (Phi) is 7.17. The third-order valence-electron chi connectivity index (χ3n) is 4.50. The second kappa shape index (κ2) is 9.30. The van der Waals surface area contributed by atoms with Crippen molar-refractivity contribution in [2.45, 2.75) is 31.6 Å². The largest absolute Gasteiger partial charge is 0.598 e. The maximum absolute atomic E-state index is 14.4. The van der Waals surface area contributed by atoms with Gasteiger partial charge in [0, 0.05) is 37.0 Å². The molecular formula is C17H22F4N6OS2. The number of rotatable bonds is 6. The Morgan fingerprint density at radius 3 is 2.53 bits per heavy atom. The van der Waals surface area contributed by atoms with E-state index in [1.165, 1.54) is 0 Å².